The van der Waals surface area contributed by atoms with Crippen LogP contribution < -0.4 is 10.6 Å². The highest BCUT2D eigenvalue weighted by Crippen LogP contribution is 2.34. The van der Waals surface area contributed by atoms with Gasteiger partial charge in [-0.25, -0.2) is 0 Å². The third kappa shape index (κ3) is 7.39. The largest absolute Gasteiger partial charge is 0.393 e. The molecule has 46 heavy (non-hydrogen) atoms. The van der Waals surface area contributed by atoms with Crippen molar-refractivity contribution in [1.29, 1.82) is 0 Å². The van der Waals surface area contributed by atoms with Crippen LogP contribution in [0.4, 0.5) is 0 Å². The Morgan fingerprint density at radius 1 is 0.587 bits per heavy atom. The number of hydrogen-bond acceptors (Lipinski definition) is 5. The van der Waals surface area contributed by atoms with E-state index in [2.05, 4.69) is 10.6 Å². The second-order valence-corrected chi connectivity index (χ2v) is 12.8. The average Bonchev–Trinajstić information content (AvgIpc) is 3.55. The minimum atomic E-state index is -0.944. The normalized spacial score (nSPS) is 21.9. The number of nitrogens with one attached hydrogen (secondary N) is 2. The molecule has 2 unspecified atom stereocenters. The Kier molecular flexibility index (Phi) is 9.93. The molecule has 6 atom stereocenters. The number of benzene rings is 4. The third-order valence-corrected chi connectivity index (χ3v) is 9.51. The molecule has 2 aliphatic carbocycles. The van der Waals surface area contributed by atoms with E-state index in [0.717, 1.165) is 33.4 Å². The maximum atomic E-state index is 13.8. The zero-order valence-corrected chi connectivity index (χ0v) is 25.8. The van der Waals surface area contributed by atoms with Gasteiger partial charge in [0.2, 0.25) is 11.8 Å². The Bertz CT molecular complexity index is 1510. The molecule has 2 aliphatic rings. The molecule has 0 aliphatic heterocycles. The number of hydrogen-bond donors (Lipinski definition) is 5. The highest BCUT2D eigenvalue weighted by molar-refractivity contribution is 5.81. The van der Waals surface area contributed by atoms with Crippen LogP contribution in [0, 0.1) is 11.8 Å². The summed E-state index contributed by atoms with van der Waals surface area (Å²) >= 11 is 0. The summed E-state index contributed by atoms with van der Waals surface area (Å²) in [4.78, 5) is 27.7. The predicted molar refractivity (Wildman–Crippen MR) is 177 cm³/mol. The van der Waals surface area contributed by atoms with Crippen molar-refractivity contribution in [3.05, 3.63) is 143 Å². The van der Waals surface area contributed by atoms with E-state index in [4.69, 9.17) is 0 Å². The Balaban J connectivity index is 1.19. The molecule has 4 aromatic rings. The molecule has 0 spiro atoms. The summed E-state index contributed by atoms with van der Waals surface area (Å²) < 4.78 is 0. The van der Waals surface area contributed by atoms with Gasteiger partial charge in [-0.15, -0.1) is 0 Å². The van der Waals surface area contributed by atoms with Crippen molar-refractivity contribution in [2.24, 2.45) is 11.8 Å². The van der Waals surface area contributed by atoms with Gasteiger partial charge in [0, 0.05) is 24.7 Å². The number of amides is 2. The van der Waals surface area contributed by atoms with Gasteiger partial charge in [-0.3, -0.25) is 9.59 Å². The van der Waals surface area contributed by atoms with Gasteiger partial charge in [-0.05, 0) is 59.1 Å². The van der Waals surface area contributed by atoms with Crippen molar-refractivity contribution in [2.75, 3.05) is 0 Å². The Morgan fingerprint density at radius 3 is 1.37 bits per heavy atom. The van der Waals surface area contributed by atoms with Gasteiger partial charge >= 0.3 is 0 Å². The molecule has 7 heteroatoms. The summed E-state index contributed by atoms with van der Waals surface area (Å²) in [6, 6.07) is 33.8. The van der Waals surface area contributed by atoms with Crippen molar-refractivity contribution in [1.82, 2.24) is 10.6 Å². The minimum Gasteiger partial charge on any atom is -0.393 e. The van der Waals surface area contributed by atoms with Crippen molar-refractivity contribution in [3.63, 3.8) is 0 Å². The molecule has 0 radical (unpaired) electrons. The Morgan fingerprint density at radius 2 is 0.957 bits per heavy atom. The monoisotopic (exact) mass is 618 g/mol. The number of aliphatic hydroxyl groups excluding tert-OH is 3. The first kappa shape index (κ1) is 31.7. The van der Waals surface area contributed by atoms with Crippen LogP contribution in [-0.2, 0) is 35.3 Å². The van der Waals surface area contributed by atoms with Gasteiger partial charge < -0.3 is 26.0 Å². The molecule has 0 heterocycles. The van der Waals surface area contributed by atoms with Gasteiger partial charge in [0.15, 0.2) is 0 Å². The molecule has 0 bridgehead atoms. The van der Waals surface area contributed by atoms with E-state index in [1.807, 2.05) is 109 Å². The molecule has 238 valence electrons. The van der Waals surface area contributed by atoms with E-state index in [-0.39, 0.29) is 24.7 Å². The molecular weight excluding hydrogens is 576 g/mol. The van der Waals surface area contributed by atoms with Crippen LogP contribution in [0.5, 0.6) is 0 Å². The zero-order chi connectivity index (χ0) is 32.0. The number of carbonyl (C=O) groups excluding carboxylic acids is 2. The minimum absolute atomic E-state index is 0.151. The average molecular weight is 619 g/mol. The molecule has 5 N–H and O–H groups in total. The van der Waals surface area contributed by atoms with Gasteiger partial charge in [0.25, 0.3) is 0 Å². The fraction of sp³-hybridized carbons (Fsp3) is 0.333. The summed E-state index contributed by atoms with van der Waals surface area (Å²) in [7, 11) is 0. The molecule has 4 aromatic carbocycles. The lowest BCUT2D eigenvalue weighted by Crippen LogP contribution is -2.41. The topological polar surface area (TPSA) is 119 Å². The fourth-order valence-electron chi connectivity index (χ4n) is 7.15. The Labute approximate surface area is 270 Å². The quantitative estimate of drug-likeness (QED) is 0.161. The lowest BCUT2D eigenvalue weighted by atomic mass is 9.86. The van der Waals surface area contributed by atoms with Gasteiger partial charge in [0.1, 0.15) is 0 Å². The van der Waals surface area contributed by atoms with Crippen LogP contribution in [0.3, 0.4) is 0 Å². The van der Waals surface area contributed by atoms with Crippen molar-refractivity contribution in [2.45, 2.75) is 68.9 Å². The summed E-state index contributed by atoms with van der Waals surface area (Å²) in [6.45, 7) is 0. The summed E-state index contributed by atoms with van der Waals surface area (Å²) in [5.74, 6) is -1.64. The molecule has 0 saturated carbocycles. The number of carbonyl (C=O) groups is 2. The molecule has 0 saturated heterocycles. The van der Waals surface area contributed by atoms with Crippen LogP contribution >= 0.6 is 0 Å². The fourth-order valence-corrected chi connectivity index (χ4v) is 7.15. The number of rotatable bonds is 12. The van der Waals surface area contributed by atoms with Crippen LogP contribution in [0.2, 0.25) is 0 Å². The van der Waals surface area contributed by atoms with Crippen molar-refractivity contribution in [3.8, 4) is 0 Å². The van der Waals surface area contributed by atoms with E-state index < -0.39 is 42.2 Å². The summed E-state index contributed by atoms with van der Waals surface area (Å²) in [5, 5.41) is 39.3. The molecule has 7 nitrogen and oxygen atoms in total. The van der Waals surface area contributed by atoms with Gasteiger partial charge in [-0.2, -0.15) is 0 Å². The van der Waals surface area contributed by atoms with Crippen LogP contribution in [0.1, 0.15) is 58.3 Å². The lowest BCUT2D eigenvalue weighted by Gasteiger charge is -2.27. The number of aliphatic hydroxyl groups is 3. The highest BCUT2D eigenvalue weighted by Gasteiger charge is 2.36. The first-order valence-corrected chi connectivity index (χ1v) is 16.2. The second kappa shape index (κ2) is 14.4. The maximum absolute atomic E-state index is 13.8. The standard InChI is InChI=1S/C39H42N2O5/c42-31(21-29(19-25-11-3-1-4-12-25)38(45)40-36-32-17-9-7-15-27(32)23-34(36)43)22-30(20-26-13-5-2-6-14-26)39(46)41-37-33-18-10-8-16-28(33)24-35(37)44/h1-18,29-31,34-37,42-44H,19-24H2,(H,40,45)(H,41,46)/t29-,30-,31?,34-,35-,36?,37?/m1/s1. The predicted octanol–water partition coefficient (Wildman–Crippen LogP) is 4.39. The van der Waals surface area contributed by atoms with Crippen LogP contribution in [0.15, 0.2) is 109 Å². The lowest BCUT2D eigenvalue weighted by molar-refractivity contribution is -0.128. The van der Waals surface area contributed by atoms with Crippen molar-refractivity contribution < 1.29 is 24.9 Å². The summed E-state index contributed by atoms with van der Waals surface area (Å²) in [6.07, 6.45) is -0.314. The molecule has 0 aromatic heterocycles. The SMILES string of the molecule is O=C(NC1c2ccccc2C[C@H]1O)[C@H](Cc1ccccc1)CC(O)C[C@@H](Cc1ccccc1)C(=O)NC1c2ccccc2C[C@H]1O. The van der Waals surface area contributed by atoms with E-state index in [1.54, 1.807) is 0 Å². The first-order chi connectivity index (χ1) is 22.4. The van der Waals surface area contributed by atoms with E-state index in [9.17, 15) is 24.9 Å². The van der Waals surface area contributed by atoms with Crippen molar-refractivity contribution >= 4 is 11.8 Å². The molecule has 0 fully saturated rings. The first-order valence-electron chi connectivity index (χ1n) is 16.2. The molecular formula is C39H42N2O5. The molecule has 2 amide bonds. The van der Waals surface area contributed by atoms with Gasteiger partial charge in [-0.1, -0.05) is 109 Å². The zero-order valence-electron chi connectivity index (χ0n) is 25.8. The third-order valence-electron chi connectivity index (χ3n) is 9.51. The van der Waals surface area contributed by atoms with Crippen LogP contribution in [0.25, 0.3) is 0 Å². The smallest absolute Gasteiger partial charge is 0.224 e. The van der Waals surface area contributed by atoms with E-state index in [0.29, 0.717) is 25.7 Å². The Hall–Kier alpha value is -4.30. The van der Waals surface area contributed by atoms with Gasteiger partial charge in [0.05, 0.1) is 30.4 Å². The number of fused-ring (bicyclic) bond motifs is 2. The highest BCUT2D eigenvalue weighted by atomic mass is 16.3. The van der Waals surface area contributed by atoms with E-state index in [1.165, 1.54) is 0 Å². The summed E-state index contributed by atoms with van der Waals surface area (Å²) in [5.41, 5.74) is 5.80. The molecule has 6 rings (SSSR count). The second-order valence-electron chi connectivity index (χ2n) is 12.8. The maximum Gasteiger partial charge on any atom is 0.224 e. The van der Waals surface area contributed by atoms with E-state index >= 15 is 0 Å². The van der Waals surface area contributed by atoms with Crippen LogP contribution in [-0.4, -0.2) is 45.4 Å².